The molecule has 6 fully saturated rings. The van der Waals surface area contributed by atoms with E-state index >= 15 is 0 Å². The fraction of sp³-hybridized carbons (Fsp3) is 0.667. The predicted octanol–water partition coefficient (Wildman–Crippen LogP) is -3.59. The summed E-state index contributed by atoms with van der Waals surface area (Å²) in [6, 6.07) is 0. The minimum atomic E-state index is -1.20. The van der Waals surface area contributed by atoms with Crippen molar-refractivity contribution in [3.63, 3.8) is 0 Å². The van der Waals surface area contributed by atoms with Gasteiger partial charge in [-0.1, -0.05) is 6.92 Å². The fourth-order valence-electron chi connectivity index (χ4n) is 6.34. The summed E-state index contributed by atoms with van der Waals surface area (Å²) in [6.07, 6.45) is -2.36. The molecule has 270 valence electrons. The maximum atomic E-state index is 11.8. The molecule has 2 aromatic heterocycles. The number of hydrogen-bond acceptors (Lipinski definition) is 15. The van der Waals surface area contributed by atoms with Gasteiger partial charge < -0.3 is 54.0 Å². The van der Waals surface area contributed by atoms with Gasteiger partial charge in [-0.25, -0.2) is 9.59 Å². The molecule has 2 aromatic rings. The van der Waals surface area contributed by atoms with Gasteiger partial charge in [0.2, 0.25) is 0 Å². The van der Waals surface area contributed by atoms with Crippen LogP contribution in [-0.2, 0) is 28.4 Å². The van der Waals surface area contributed by atoms with Gasteiger partial charge in [-0.3, -0.25) is 28.7 Å². The molecule has 49 heavy (non-hydrogen) atoms. The quantitative estimate of drug-likeness (QED) is 0.113. The number of aromatic amines is 2. The molecular formula is C27H33I2N4O15U-. The maximum Gasteiger partial charge on any atom is 0.330 e. The molecule has 6 bridgehead atoms. The van der Waals surface area contributed by atoms with Gasteiger partial charge in [0.05, 0.1) is 46.3 Å². The van der Waals surface area contributed by atoms with Gasteiger partial charge in [-0.15, -0.1) is 0 Å². The van der Waals surface area contributed by atoms with E-state index in [0.717, 1.165) is 4.57 Å². The molecule has 3 unspecified atom stereocenters. The smallest absolute Gasteiger partial charge is 0.330 e. The maximum absolute atomic E-state index is 11.8. The Labute approximate surface area is 326 Å². The molecule has 0 amide bonds. The Morgan fingerprint density at radius 2 is 1.22 bits per heavy atom. The Kier molecular flexibility index (Phi) is 12.2. The van der Waals surface area contributed by atoms with Gasteiger partial charge in [0.25, 0.3) is 11.1 Å². The molecule has 7 N–H and O–H groups in total. The summed E-state index contributed by atoms with van der Waals surface area (Å²) >= 11 is 3.63. The zero-order valence-electron chi connectivity index (χ0n) is 25.6. The molecule has 6 aliphatic rings. The second-order valence-electron chi connectivity index (χ2n) is 12.1. The third kappa shape index (κ3) is 6.75. The van der Waals surface area contributed by atoms with E-state index in [-0.39, 0.29) is 57.0 Å². The second kappa shape index (κ2) is 15.0. The van der Waals surface area contributed by atoms with Crippen molar-refractivity contribution in [3.05, 3.63) is 67.8 Å². The monoisotopic (exact) mass is 1150 g/mol. The van der Waals surface area contributed by atoms with E-state index < -0.39 is 88.9 Å². The van der Waals surface area contributed by atoms with Crippen LogP contribution in [0.2, 0.25) is 0 Å². The molecular weight excluding hydrogens is 1110 g/mol. The molecule has 6 saturated heterocycles. The molecule has 0 saturated carbocycles. The number of ether oxygens (including phenoxy) is 6. The van der Waals surface area contributed by atoms with E-state index in [0.29, 0.717) is 20.2 Å². The van der Waals surface area contributed by atoms with Crippen molar-refractivity contribution >= 4 is 45.2 Å². The zero-order chi connectivity index (χ0) is 34.8. The first-order valence-corrected chi connectivity index (χ1v) is 16.9. The number of nitrogens with one attached hydrogen (secondary N) is 2. The van der Waals surface area contributed by atoms with Crippen molar-refractivity contribution in [2.75, 3.05) is 33.0 Å². The van der Waals surface area contributed by atoms with E-state index in [2.05, 4.69) is 9.97 Å². The summed E-state index contributed by atoms with van der Waals surface area (Å²) in [5.74, 6) is 0. The Balaban J connectivity index is 0.000000149. The van der Waals surface area contributed by atoms with Crippen LogP contribution in [0.1, 0.15) is 25.8 Å². The van der Waals surface area contributed by atoms with Crippen molar-refractivity contribution in [2.45, 2.75) is 79.2 Å². The number of halogens is 2. The molecule has 6 aliphatic heterocycles. The predicted molar refractivity (Wildman–Crippen MR) is 174 cm³/mol. The summed E-state index contributed by atoms with van der Waals surface area (Å²) in [7, 11) is 0. The van der Waals surface area contributed by atoms with Crippen LogP contribution in [0.5, 0.6) is 0 Å². The summed E-state index contributed by atoms with van der Waals surface area (Å²) in [5, 5.41) is 47.7. The molecule has 8 heterocycles. The Morgan fingerprint density at radius 3 is 1.57 bits per heavy atom. The van der Waals surface area contributed by atoms with E-state index in [1.54, 1.807) is 22.6 Å². The minimum absolute atomic E-state index is 0. The van der Waals surface area contributed by atoms with Crippen LogP contribution in [0.25, 0.3) is 0 Å². The van der Waals surface area contributed by atoms with Crippen LogP contribution in [-0.4, -0.2) is 131 Å². The molecule has 0 spiro atoms. The number of H-pyrrole nitrogens is 2. The average molecular weight is 1150 g/mol. The molecule has 11 atom stereocenters. The molecule has 0 radical (unpaired) electrons. The summed E-state index contributed by atoms with van der Waals surface area (Å²) in [4.78, 5) is 50.7. The van der Waals surface area contributed by atoms with Crippen LogP contribution in [0.3, 0.4) is 0 Å². The minimum Gasteiger partial charge on any atom is -0.540 e. The van der Waals surface area contributed by atoms with Crippen LogP contribution in [0, 0.1) is 44.9 Å². The van der Waals surface area contributed by atoms with Crippen molar-refractivity contribution in [3.8, 4) is 0 Å². The van der Waals surface area contributed by atoms with E-state index in [9.17, 15) is 39.6 Å². The number of hydrogen-bond donors (Lipinski definition) is 7. The standard InChI is InChI=1S/C11H13IN2O5.C10H11IN2O6.C6H9O4.U/c1-2-11-4-18-6(7(11)15)9(19-11)14-3-5(12)8(16)13-10(14)17;11-4-1-13(9(17)12-7(4)16)8-5-6(15)10(2-14,19-8)3-18-5;7-2-6-3-9-4(1-10-6)5(6)8;/h3,6-7,9,15H,2,4H2,1H3,(H,13,16,17);1,5-6,8,14-15H,2-3H2,(H,12,16,17);1,4-5,7-8H,2-3H2;/q;;-1;/t6-,7?,9-,11-;5-,6?,8-,10-;4-,5?,6+;/m110./s1. The number of fused-ring (bicyclic) bond motifs is 6. The van der Waals surface area contributed by atoms with Crippen molar-refractivity contribution in [1.29, 1.82) is 0 Å². The molecule has 19 nitrogen and oxygen atoms in total. The van der Waals surface area contributed by atoms with Crippen molar-refractivity contribution in [2.24, 2.45) is 0 Å². The number of aliphatic hydroxyl groups excluding tert-OH is 5. The molecule has 22 heteroatoms. The second-order valence-corrected chi connectivity index (χ2v) is 14.4. The zero-order valence-corrected chi connectivity index (χ0v) is 34.0. The van der Waals surface area contributed by atoms with E-state index in [1.165, 1.54) is 23.6 Å². The third-order valence-electron chi connectivity index (χ3n) is 9.35. The fourth-order valence-corrected chi connectivity index (χ4v) is 7.21. The number of aromatic nitrogens is 4. The first kappa shape index (κ1) is 39.6. The first-order valence-electron chi connectivity index (χ1n) is 14.7. The number of aliphatic hydroxyl groups is 5. The van der Waals surface area contributed by atoms with Crippen LogP contribution in [0.4, 0.5) is 0 Å². The molecule has 0 aromatic carbocycles. The Hall–Kier alpha value is -0.568. The van der Waals surface area contributed by atoms with Gasteiger partial charge in [0, 0.05) is 43.5 Å². The number of rotatable bonds is 5. The van der Waals surface area contributed by atoms with Crippen LogP contribution in [0.15, 0.2) is 31.6 Å². The molecule has 8 rings (SSSR count). The van der Waals surface area contributed by atoms with Gasteiger partial charge in [-0.2, -0.15) is 6.61 Å². The average Bonchev–Trinajstić information content (AvgIpc) is 3.90. The van der Waals surface area contributed by atoms with Crippen LogP contribution >= 0.6 is 45.2 Å². The van der Waals surface area contributed by atoms with Gasteiger partial charge in [0.15, 0.2) is 12.5 Å². The molecule has 0 aliphatic carbocycles. The van der Waals surface area contributed by atoms with E-state index in [1.807, 2.05) is 29.5 Å². The first-order chi connectivity index (χ1) is 22.7. The van der Waals surface area contributed by atoms with Gasteiger partial charge in [0.1, 0.15) is 41.2 Å². The summed E-state index contributed by atoms with van der Waals surface area (Å²) in [5.41, 5.74) is -4.94. The summed E-state index contributed by atoms with van der Waals surface area (Å²) in [6.45, 7) is 3.41. The summed E-state index contributed by atoms with van der Waals surface area (Å²) < 4.78 is 35.5. The van der Waals surface area contributed by atoms with Crippen LogP contribution < -0.4 is 22.5 Å². The van der Waals surface area contributed by atoms with Crippen molar-refractivity contribution in [1.82, 2.24) is 19.1 Å². The SMILES string of the molecule is CC[C@@]12CO[C@H](C1O)[C@H](n1cc(I)c(=O)[nH]c1=O)O2.O=c1[nH]c(=O)n([C@@H]2O[C@]3(CO)CO[C@@H]2C3O)cc1I.OC[C@]12CO[C@@H]([CH-]O1)C2O.[U]. The largest absolute Gasteiger partial charge is 0.540 e. The van der Waals surface area contributed by atoms with Crippen molar-refractivity contribution < 1.29 is 85.1 Å². The Bertz CT molecular complexity index is 1660. The van der Waals surface area contributed by atoms with Gasteiger partial charge >= 0.3 is 11.4 Å². The third-order valence-corrected chi connectivity index (χ3v) is 10.9. The topological polar surface area (TPSA) is 266 Å². The Morgan fingerprint density at radius 1 is 0.776 bits per heavy atom. The number of nitrogens with zero attached hydrogens (tertiary/aromatic N) is 2. The normalized spacial score (nSPS) is 39.3. The van der Waals surface area contributed by atoms with E-state index in [4.69, 9.17) is 33.5 Å². The van der Waals surface area contributed by atoms with Gasteiger partial charge in [-0.05, 0) is 57.7 Å².